The van der Waals surface area contributed by atoms with Gasteiger partial charge in [-0.2, -0.15) is 0 Å². The van der Waals surface area contributed by atoms with Gasteiger partial charge in [-0.3, -0.25) is 4.79 Å². The highest BCUT2D eigenvalue weighted by atomic mass is 19.1. The average molecular weight is 278 g/mol. The minimum atomic E-state index is -0.502. The van der Waals surface area contributed by atoms with Gasteiger partial charge >= 0.3 is 0 Å². The molecule has 0 radical (unpaired) electrons. The molecule has 1 aromatic carbocycles. The van der Waals surface area contributed by atoms with Gasteiger partial charge in [0.1, 0.15) is 5.82 Å². The van der Waals surface area contributed by atoms with Gasteiger partial charge < -0.3 is 15.4 Å². The van der Waals surface area contributed by atoms with Gasteiger partial charge in [0.25, 0.3) is 5.91 Å². The molecular formula is C15H19FN2O2. The van der Waals surface area contributed by atoms with E-state index >= 15 is 0 Å². The summed E-state index contributed by atoms with van der Waals surface area (Å²) >= 11 is 0. The summed E-state index contributed by atoms with van der Waals surface area (Å²) in [7, 11) is 0. The summed E-state index contributed by atoms with van der Waals surface area (Å²) in [6.45, 7) is 2.09. The van der Waals surface area contributed by atoms with Crippen molar-refractivity contribution in [3.63, 3.8) is 0 Å². The Balaban J connectivity index is 1.79. The lowest BCUT2D eigenvalue weighted by Crippen LogP contribution is -2.38. The molecule has 5 heteroatoms. The SMILES string of the molecule is Nc1ccc(F)c(C(=O)N(CC2CCOC2)C2CC2)c1. The van der Waals surface area contributed by atoms with Gasteiger partial charge in [-0.05, 0) is 37.5 Å². The number of carbonyl (C=O) groups is 1. The zero-order valence-corrected chi connectivity index (χ0v) is 11.3. The Morgan fingerprint density at radius 1 is 1.40 bits per heavy atom. The van der Waals surface area contributed by atoms with Gasteiger partial charge in [0.15, 0.2) is 0 Å². The first-order valence-corrected chi connectivity index (χ1v) is 7.09. The number of carbonyl (C=O) groups excluding carboxylic acids is 1. The number of nitrogen functional groups attached to an aromatic ring is 1. The number of ether oxygens (including phenoxy) is 1. The predicted molar refractivity (Wildman–Crippen MR) is 73.8 cm³/mol. The largest absolute Gasteiger partial charge is 0.399 e. The fourth-order valence-electron chi connectivity index (χ4n) is 2.65. The molecule has 20 heavy (non-hydrogen) atoms. The number of benzene rings is 1. The summed E-state index contributed by atoms with van der Waals surface area (Å²) in [5, 5.41) is 0. The molecule has 1 saturated heterocycles. The van der Waals surface area contributed by atoms with E-state index in [1.54, 1.807) is 4.90 Å². The van der Waals surface area contributed by atoms with Crippen LogP contribution in [-0.4, -0.2) is 36.6 Å². The van der Waals surface area contributed by atoms with Crippen molar-refractivity contribution in [3.8, 4) is 0 Å². The topological polar surface area (TPSA) is 55.6 Å². The van der Waals surface area contributed by atoms with Crippen LogP contribution in [0.15, 0.2) is 18.2 Å². The maximum atomic E-state index is 13.9. The van der Waals surface area contributed by atoms with E-state index in [1.807, 2.05) is 0 Å². The summed E-state index contributed by atoms with van der Waals surface area (Å²) in [6.07, 6.45) is 2.97. The maximum absolute atomic E-state index is 13.9. The predicted octanol–water partition coefficient (Wildman–Crippen LogP) is 2.05. The van der Waals surface area contributed by atoms with Crippen molar-refractivity contribution in [2.75, 3.05) is 25.5 Å². The smallest absolute Gasteiger partial charge is 0.257 e. The number of anilines is 1. The average Bonchev–Trinajstić information content (AvgIpc) is 3.15. The third-order valence-corrected chi connectivity index (χ3v) is 3.95. The first kappa shape index (κ1) is 13.4. The molecule has 2 fully saturated rings. The molecule has 0 aromatic heterocycles. The van der Waals surface area contributed by atoms with Crippen molar-refractivity contribution in [1.29, 1.82) is 0 Å². The molecule has 1 aromatic rings. The number of nitrogens with two attached hydrogens (primary N) is 1. The number of amides is 1. The van der Waals surface area contributed by atoms with E-state index in [0.717, 1.165) is 25.9 Å². The van der Waals surface area contributed by atoms with Crippen LogP contribution in [0, 0.1) is 11.7 Å². The fourth-order valence-corrected chi connectivity index (χ4v) is 2.65. The quantitative estimate of drug-likeness (QED) is 0.858. The molecule has 3 rings (SSSR count). The van der Waals surface area contributed by atoms with E-state index < -0.39 is 5.82 Å². The van der Waals surface area contributed by atoms with Crippen molar-refractivity contribution < 1.29 is 13.9 Å². The molecule has 1 amide bonds. The standard InChI is InChI=1S/C15H19FN2O2/c16-14-4-1-11(17)7-13(14)15(19)18(12-2-3-12)8-10-5-6-20-9-10/h1,4,7,10,12H,2-3,5-6,8-9,17H2. The molecule has 0 spiro atoms. The molecule has 2 aliphatic rings. The summed E-state index contributed by atoms with van der Waals surface area (Å²) in [5.41, 5.74) is 6.15. The molecule has 1 heterocycles. The molecule has 0 bridgehead atoms. The van der Waals surface area contributed by atoms with Crippen molar-refractivity contribution in [1.82, 2.24) is 4.90 Å². The van der Waals surface area contributed by atoms with Gasteiger partial charge in [0.2, 0.25) is 0 Å². The zero-order chi connectivity index (χ0) is 14.1. The second-order valence-corrected chi connectivity index (χ2v) is 5.66. The highest BCUT2D eigenvalue weighted by Crippen LogP contribution is 2.31. The van der Waals surface area contributed by atoms with Crippen LogP contribution in [0.2, 0.25) is 0 Å². The van der Waals surface area contributed by atoms with Crippen LogP contribution in [0.5, 0.6) is 0 Å². The molecule has 4 nitrogen and oxygen atoms in total. The normalized spacial score (nSPS) is 21.9. The molecule has 2 N–H and O–H groups in total. The number of hydrogen-bond donors (Lipinski definition) is 1. The second kappa shape index (κ2) is 5.40. The summed E-state index contributed by atoms with van der Waals surface area (Å²) < 4.78 is 19.2. The Kier molecular flexibility index (Phi) is 3.61. The Morgan fingerprint density at radius 3 is 2.85 bits per heavy atom. The number of halogens is 1. The van der Waals surface area contributed by atoms with Crippen LogP contribution < -0.4 is 5.73 Å². The van der Waals surface area contributed by atoms with Gasteiger partial charge in [0.05, 0.1) is 12.2 Å². The van der Waals surface area contributed by atoms with Crippen molar-refractivity contribution in [2.24, 2.45) is 5.92 Å². The Labute approximate surface area is 117 Å². The van der Waals surface area contributed by atoms with Crippen LogP contribution in [0.3, 0.4) is 0 Å². The Bertz CT molecular complexity index is 511. The monoisotopic (exact) mass is 278 g/mol. The van der Waals surface area contributed by atoms with Crippen LogP contribution >= 0.6 is 0 Å². The minimum absolute atomic E-state index is 0.0795. The zero-order valence-electron chi connectivity index (χ0n) is 11.3. The van der Waals surface area contributed by atoms with Crippen molar-refractivity contribution in [2.45, 2.75) is 25.3 Å². The molecule has 108 valence electrons. The summed E-state index contributed by atoms with van der Waals surface area (Å²) in [6, 6.07) is 4.41. The van der Waals surface area contributed by atoms with Crippen molar-refractivity contribution in [3.05, 3.63) is 29.6 Å². The number of hydrogen-bond acceptors (Lipinski definition) is 3. The lowest BCUT2D eigenvalue weighted by atomic mass is 10.1. The minimum Gasteiger partial charge on any atom is -0.399 e. The third kappa shape index (κ3) is 2.77. The Hall–Kier alpha value is -1.62. The number of rotatable bonds is 4. The van der Waals surface area contributed by atoms with Crippen LogP contribution in [0.4, 0.5) is 10.1 Å². The lowest BCUT2D eigenvalue weighted by Gasteiger charge is -2.25. The fraction of sp³-hybridized carbons (Fsp3) is 0.533. The van der Waals surface area contributed by atoms with E-state index in [1.165, 1.54) is 18.2 Å². The lowest BCUT2D eigenvalue weighted by molar-refractivity contribution is 0.0701. The molecule has 1 atom stereocenters. The van der Waals surface area contributed by atoms with Gasteiger partial charge in [0, 0.05) is 30.8 Å². The second-order valence-electron chi connectivity index (χ2n) is 5.66. The van der Waals surface area contributed by atoms with Gasteiger partial charge in [-0.1, -0.05) is 0 Å². The van der Waals surface area contributed by atoms with Gasteiger partial charge in [-0.15, -0.1) is 0 Å². The first-order valence-electron chi connectivity index (χ1n) is 7.09. The van der Waals surface area contributed by atoms with Crippen molar-refractivity contribution >= 4 is 11.6 Å². The molecular weight excluding hydrogens is 259 g/mol. The van der Waals surface area contributed by atoms with E-state index in [9.17, 15) is 9.18 Å². The van der Waals surface area contributed by atoms with E-state index in [2.05, 4.69) is 0 Å². The highest BCUT2D eigenvalue weighted by Gasteiger charge is 2.36. The molecule has 1 aliphatic carbocycles. The van der Waals surface area contributed by atoms with Crippen LogP contribution in [0.1, 0.15) is 29.6 Å². The number of nitrogens with zero attached hydrogens (tertiary/aromatic N) is 1. The van der Waals surface area contributed by atoms with Gasteiger partial charge in [-0.25, -0.2) is 4.39 Å². The summed E-state index contributed by atoms with van der Waals surface area (Å²) in [4.78, 5) is 14.4. The first-order chi connectivity index (χ1) is 9.65. The molecule has 1 saturated carbocycles. The molecule has 1 aliphatic heterocycles. The van der Waals surface area contributed by atoms with Crippen LogP contribution in [0.25, 0.3) is 0 Å². The van der Waals surface area contributed by atoms with E-state index in [0.29, 0.717) is 24.8 Å². The highest BCUT2D eigenvalue weighted by molar-refractivity contribution is 5.95. The Morgan fingerprint density at radius 2 is 2.20 bits per heavy atom. The van der Waals surface area contributed by atoms with E-state index in [4.69, 9.17) is 10.5 Å². The summed E-state index contributed by atoms with van der Waals surface area (Å²) in [5.74, 6) is -0.384. The van der Waals surface area contributed by atoms with Crippen LogP contribution in [-0.2, 0) is 4.74 Å². The third-order valence-electron chi connectivity index (χ3n) is 3.95. The molecule has 1 unspecified atom stereocenters. The van der Waals surface area contributed by atoms with E-state index in [-0.39, 0.29) is 17.5 Å². The maximum Gasteiger partial charge on any atom is 0.257 e.